The monoisotopic (exact) mass is 1150 g/mol. The smallest absolute Gasteiger partial charge is 0.143 e. The first kappa shape index (κ1) is 54.7. The van der Waals surface area contributed by atoms with Crippen LogP contribution in [-0.4, -0.2) is 0 Å². The van der Waals surface area contributed by atoms with Gasteiger partial charge in [-0.3, -0.25) is 0 Å². The van der Waals surface area contributed by atoms with Gasteiger partial charge >= 0.3 is 0 Å². The highest BCUT2D eigenvalue weighted by atomic mass is 16.3. The molecule has 436 valence electrons. The second-order valence-corrected chi connectivity index (χ2v) is 29.3. The van der Waals surface area contributed by atoms with Crippen molar-refractivity contribution >= 4 is 99.5 Å². The minimum absolute atomic E-state index is 0.000916. The van der Waals surface area contributed by atoms with Crippen LogP contribution in [0.1, 0.15) is 128 Å². The standard InChI is InChI=1S/C85H74N2O2/c1-81(2,3)51-29-37-55(38-30-51)86(56-39-31-52(32-40-56)82(4,5)6)59-45-47-63-67(49-59)79-73(65-23-15-19-27-71(65)88-79)75-76-74-66-24-16-20-28-72(66)89-80(74)68-50-60(87(57-41-33-53(34-42-57)83(7,8)9)58-43-35-54(36-44-58)84(10,11)12)46-48-64(68)78(76)85(77(63)75)69-25-17-13-21-61(69)62-22-14-18-26-70(62)85/h13-50H,1-12H3. The number of benzene rings is 12. The second kappa shape index (κ2) is 19.2. The Morgan fingerprint density at radius 1 is 0.281 bits per heavy atom. The van der Waals surface area contributed by atoms with Gasteiger partial charge < -0.3 is 18.6 Å². The molecule has 2 aliphatic carbocycles. The van der Waals surface area contributed by atoms with E-state index >= 15 is 0 Å². The summed E-state index contributed by atoms with van der Waals surface area (Å²) in [7, 11) is 0. The Labute approximate surface area is 522 Å². The minimum Gasteiger partial charge on any atom is -0.455 e. The third kappa shape index (κ3) is 8.18. The SMILES string of the molecule is CC(C)(C)c1ccc(N(c2ccc(C(C)(C)C)cc2)c2ccc3c4c(c5c6ccccc6oc5c3c2)-c2c(c3ccc(N(c5ccc(C(C)(C)C)cc5)c5ccc(C(C)(C)C)cc5)cc3c3oc5ccccc5c23)C42c3ccccc3-c3ccccc32)cc1. The van der Waals surface area contributed by atoms with Crippen LogP contribution in [0.4, 0.5) is 34.1 Å². The molecular weight excluding hydrogens is 1080 g/mol. The van der Waals surface area contributed by atoms with E-state index in [1.54, 1.807) is 0 Å². The zero-order valence-electron chi connectivity index (χ0n) is 53.2. The van der Waals surface area contributed by atoms with Crippen LogP contribution in [-0.2, 0) is 27.1 Å². The van der Waals surface area contributed by atoms with Crippen molar-refractivity contribution in [3.63, 3.8) is 0 Å². The number of fused-ring (bicyclic) bond motifs is 24. The van der Waals surface area contributed by atoms with Gasteiger partial charge in [-0.1, -0.05) is 229 Å². The molecule has 12 aromatic carbocycles. The van der Waals surface area contributed by atoms with E-state index in [0.717, 1.165) is 99.5 Å². The maximum absolute atomic E-state index is 7.45. The molecule has 0 aliphatic heterocycles. The first-order valence-corrected chi connectivity index (χ1v) is 31.7. The molecule has 2 aromatic heterocycles. The average Bonchev–Trinajstić information content (AvgIpc) is 1.48. The maximum atomic E-state index is 7.45. The summed E-state index contributed by atoms with van der Waals surface area (Å²) in [5.41, 5.74) is 24.3. The fraction of sp³-hybridized carbons (Fsp3) is 0.200. The summed E-state index contributed by atoms with van der Waals surface area (Å²) in [6.07, 6.45) is 0. The first-order chi connectivity index (χ1) is 42.7. The zero-order valence-corrected chi connectivity index (χ0v) is 53.2. The second-order valence-electron chi connectivity index (χ2n) is 29.3. The summed E-state index contributed by atoms with van der Waals surface area (Å²) in [6, 6.07) is 87.0. The van der Waals surface area contributed by atoms with Gasteiger partial charge in [0.15, 0.2) is 0 Å². The molecule has 0 saturated heterocycles. The molecule has 16 rings (SSSR count). The Morgan fingerprint density at radius 2 is 0.573 bits per heavy atom. The van der Waals surface area contributed by atoms with Crippen molar-refractivity contribution in [3.8, 4) is 22.3 Å². The Morgan fingerprint density at radius 3 is 0.899 bits per heavy atom. The van der Waals surface area contributed by atoms with Gasteiger partial charge in [0.25, 0.3) is 0 Å². The van der Waals surface area contributed by atoms with E-state index in [9.17, 15) is 0 Å². The molecule has 89 heavy (non-hydrogen) atoms. The van der Waals surface area contributed by atoms with Crippen molar-refractivity contribution in [2.45, 2.75) is 110 Å². The van der Waals surface area contributed by atoms with Crippen molar-refractivity contribution in [3.05, 3.63) is 275 Å². The van der Waals surface area contributed by atoms with Crippen LogP contribution >= 0.6 is 0 Å². The Bertz CT molecular complexity index is 4760. The van der Waals surface area contributed by atoms with E-state index in [1.807, 2.05) is 0 Å². The lowest BCUT2D eigenvalue weighted by Gasteiger charge is -2.33. The van der Waals surface area contributed by atoms with E-state index in [2.05, 4.69) is 323 Å². The van der Waals surface area contributed by atoms with Crippen molar-refractivity contribution in [2.75, 3.05) is 9.80 Å². The number of nitrogens with zero attached hydrogens (tertiary/aromatic N) is 2. The van der Waals surface area contributed by atoms with Crippen LogP contribution in [0.3, 0.4) is 0 Å². The highest BCUT2D eigenvalue weighted by Gasteiger charge is 2.55. The molecule has 0 atom stereocenters. The molecule has 0 fully saturated rings. The van der Waals surface area contributed by atoms with Crippen LogP contribution in [0.15, 0.2) is 239 Å². The van der Waals surface area contributed by atoms with Crippen LogP contribution < -0.4 is 9.80 Å². The van der Waals surface area contributed by atoms with Gasteiger partial charge in [0, 0.05) is 66.4 Å². The van der Waals surface area contributed by atoms with Crippen LogP contribution in [0.2, 0.25) is 0 Å². The quantitative estimate of drug-likeness (QED) is 0.166. The Hall–Kier alpha value is -9.64. The summed E-state index contributed by atoms with van der Waals surface area (Å²) in [5, 5.41) is 8.83. The summed E-state index contributed by atoms with van der Waals surface area (Å²) in [6.45, 7) is 27.4. The summed E-state index contributed by atoms with van der Waals surface area (Å²) in [4.78, 5) is 4.86. The number of hydrogen-bond acceptors (Lipinski definition) is 4. The van der Waals surface area contributed by atoms with Gasteiger partial charge in [0.2, 0.25) is 0 Å². The molecule has 4 heteroatoms. The molecule has 0 amide bonds. The number of anilines is 6. The fourth-order valence-corrected chi connectivity index (χ4v) is 15.2. The van der Waals surface area contributed by atoms with Crippen LogP contribution in [0, 0.1) is 0 Å². The van der Waals surface area contributed by atoms with Crippen LogP contribution in [0.5, 0.6) is 0 Å². The fourth-order valence-electron chi connectivity index (χ4n) is 15.2. The predicted octanol–water partition coefficient (Wildman–Crippen LogP) is 24.3. The molecule has 0 saturated carbocycles. The lowest BCUT2D eigenvalue weighted by molar-refractivity contribution is 0.590. The van der Waals surface area contributed by atoms with E-state index in [0.29, 0.717) is 0 Å². The average molecular weight is 1160 g/mol. The van der Waals surface area contributed by atoms with E-state index < -0.39 is 5.41 Å². The van der Waals surface area contributed by atoms with Gasteiger partial charge in [-0.2, -0.15) is 0 Å². The van der Waals surface area contributed by atoms with Crippen molar-refractivity contribution < 1.29 is 8.83 Å². The molecule has 0 bridgehead atoms. The Kier molecular flexibility index (Phi) is 11.8. The van der Waals surface area contributed by atoms with Crippen molar-refractivity contribution in [1.29, 1.82) is 0 Å². The van der Waals surface area contributed by atoms with Gasteiger partial charge in [0.05, 0.1) is 5.41 Å². The van der Waals surface area contributed by atoms with Gasteiger partial charge in [-0.05, 0) is 184 Å². The predicted molar refractivity (Wildman–Crippen MR) is 376 cm³/mol. The summed E-state index contributed by atoms with van der Waals surface area (Å²) < 4.78 is 14.9. The lowest BCUT2D eigenvalue weighted by atomic mass is 9.68. The summed E-state index contributed by atoms with van der Waals surface area (Å²) >= 11 is 0. The maximum Gasteiger partial charge on any atom is 0.143 e. The molecule has 14 aromatic rings. The molecular formula is C85H74N2O2. The number of para-hydroxylation sites is 2. The zero-order chi connectivity index (χ0) is 61.3. The van der Waals surface area contributed by atoms with Crippen LogP contribution in [0.25, 0.3) is 87.7 Å². The third-order valence-electron chi connectivity index (χ3n) is 19.7. The lowest BCUT2D eigenvalue weighted by Crippen LogP contribution is -2.26. The number of hydrogen-bond donors (Lipinski definition) is 0. The van der Waals surface area contributed by atoms with Gasteiger partial charge in [0.1, 0.15) is 22.3 Å². The largest absolute Gasteiger partial charge is 0.455 e. The molecule has 2 heterocycles. The molecule has 2 aliphatic rings. The van der Waals surface area contributed by atoms with Gasteiger partial charge in [-0.15, -0.1) is 0 Å². The highest BCUT2D eigenvalue weighted by Crippen LogP contribution is 2.69. The van der Waals surface area contributed by atoms with Crippen molar-refractivity contribution in [2.24, 2.45) is 0 Å². The minimum atomic E-state index is -0.799. The molecule has 0 N–H and O–H groups in total. The molecule has 0 radical (unpaired) electrons. The van der Waals surface area contributed by atoms with Crippen molar-refractivity contribution in [1.82, 2.24) is 0 Å². The number of rotatable bonds is 6. The van der Waals surface area contributed by atoms with E-state index in [1.165, 1.54) is 66.8 Å². The number of furan rings is 2. The molecule has 1 spiro atoms. The summed E-state index contributed by atoms with van der Waals surface area (Å²) in [5.74, 6) is 0. The van der Waals surface area contributed by atoms with Gasteiger partial charge in [-0.25, -0.2) is 0 Å². The van der Waals surface area contributed by atoms with E-state index in [4.69, 9.17) is 8.83 Å². The normalized spacial score (nSPS) is 13.7. The first-order valence-electron chi connectivity index (χ1n) is 31.7. The molecule has 4 nitrogen and oxygen atoms in total. The topological polar surface area (TPSA) is 32.8 Å². The molecule has 0 unspecified atom stereocenters. The van der Waals surface area contributed by atoms with E-state index in [-0.39, 0.29) is 21.7 Å². The highest BCUT2D eigenvalue weighted by molar-refractivity contribution is 6.33. The Balaban J connectivity index is 1.04. The third-order valence-corrected chi connectivity index (χ3v) is 19.7.